The zero-order chi connectivity index (χ0) is 26.2. The Balaban J connectivity index is 1.55. The van der Waals surface area contributed by atoms with Crippen molar-refractivity contribution in [2.75, 3.05) is 0 Å². The van der Waals surface area contributed by atoms with E-state index in [-0.39, 0.29) is 17.6 Å². The van der Waals surface area contributed by atoms with E-state index in [1.807, 2.05) is 33.8 Å². The number of carbonyl (C=O) groups excluding carboxylic acids is 3. The molecule has 5 fully saturated rings. The number of hydrogen-bond acceptors (Lipinski definition) is 8. The van der Waals surface area contributed by atoms with Gasteiger partial charge in [-0.3, -0.25) is 14.4 Å². The molecular formula is C28H36O8. The number of aliphatic hydroxyl groups excluding tert-OH is 2. The minimum absolute atomic E-state index is 0.00867. The second-order valence-corrected chi connectivity index (χ2v) is 13.1. The predicted octanol–water partition coefficient (Wildman–Crippen LogP) is 2.79. The molecule has 8 nitrogen and oxygen atoms in total. The van der Waals surface area contributed by atoms with E-state index in [2.05, 4.69) is 6.92 Å². The fraction of sp³-hybridized carbons (Fsp3) is 0.750. The number of carbonyl (C=O) groups is 3. The Labute approximate surface area is 210 Å². The monoisotopic (exact) mass is 500 g/mol. The van der Waals surface area contributed by atoms with Crippen molar-refractivity contribution in [3.63, 3.8) is 0 Å². The van der Waals surface area contributed by atoms with Gasteiger partial charge in [0.05, 0.1) is 24.5 Å². The topological polar surface area (TPSA) is 127 Å². The smallest absolute Gasteiger partial charge is 0.302 e. The van der Waals surface area contributed by atoms with Gasteiger partial charge in [-0.1, -0.05) is 34.6 Å². The highest BCUT2D eigenvalue weighted by Gasteiger charge is 2.90. The van der Waals surface area contributed by atoms with Crippen LogP contribution in [0.15, 0.2) is 23.0 Å². The molecule has 2 unspecified atom stereocenters. The number of ketones is 2. The van der Waals surface area contributed by atoms with Gasteiger partial charge in [0, 0.05) is 34.1 Å². The molecule has 1 saturated heterocycles. The lowest BCUT2D eigenvalue weighted by Crippen LogP contribution is -2.75. The molecule has 196 valence electrons. The zero-order valence-corrected chi connectivity index (χ0v) is 21.7. The molecule has 4 saturated carbocycles. The Morgan fingerprint density at radius 3 is 2.42 bits per heavy atom. The summed E-state index contributed by atoms with van der Waals surface area (Å²) in [5.74, 6) is -1.82. The van der Waals surface area contributed by atoms with Crippen molar-refractivity contribution in [3.8, 4) is 0 Å². The van der Waals surface area contributed by atoms with E-state index in [0.717, 1.165) is 5.56 Å². The number of fused-ring (bicyclic) bond motifs is 3. The van der Waals surface area contributed by atoms with Crippen LogP contribution in [0, 0.1) is 33.5 Å². The Morgan fingerprint density at radius 2 is 1.81 bits per heavy atom. The van der Waals surface area contributed by atoms with Gasteiger partial charge in [-0.25, -0.2) is 0 Å². The summed E-state index contributed by atoms with van der Waals surface area (Å²) in [6.45, 7) is 11.1. The van der Waals surface area contributed by atoms with E-state index in [1.54, 1.807) is 12.5 Å². The van der Waals surface area contributed by atoms with Gasteiger partial charge >= 0.3 is 5.97 Å². The summed E-state index contributed by atoms with van der Waals surface area (Å²) in [5.41, 5.74) is -3.26. The lowest BCUT2D eigenvalue weighted by Gasteiger charge is -2.69. The third-order valence-corrected chi connectivity index (χ3v) is 11.6. The highest BCUT2D eigenvalue weighted by molar-refractivity contribution is 5.98. The first kappa shape index (κ1) is 24.3. The summed E-state index contributed by atoms with van der Waals surface area (Å²) < 4.78 is 17.8. The van der Waals surface area contributed by atoms with Gasteiger partial charge < -0.3 is 24.1 Å². The van der Waals surface area contributed by atoms with Crippen LogP contribution in [0.1, 0.15) is 72.3 Å². The first-order valence-corrected chi connectivity index (χ1v) is 13.0. The van der Waals surface area contributed by atoms with Crippen LogP contribution < -0.4 is 0 Å². The Kier molecular flexibility index (Phi) is 4.65. The molecule has 11 atom stereocenters. The molecule has 2 N–H and O–H groups in total. The summed E-state index contributed by atoms with van der Waals surface area (Å²) >= 11 is 0. The molecule has 0 radical (unpaired) electrons. The highest BCUT2D eigenvalue weighted by Crippen LogP contribution is 2.81. The molecule has 0 aromatic carbocycles. The average molecular weight is 501 g/mol. The summed E-state index contributed by atoms with van der Waals surface area (Å²) in [5, 5.41) is 22.4. The number of ether oxygens (including phenoxy) is 2. The predicted molar refractivity (Wildman–Crippen MR) is 126 cm³/mol. The molecule has 4 aliphatic carbocycles. The van der Waals surface area contributed by atoms with E-state index in [4.69, 9.17) is 13.9 Å². The van der Waals surface area contributed by atoms with Crippen molar-refractivity contribution in [1.82, 2.24) is 0 Å². The van der Waals surface area contributed by atoms with E-state index < -0.39 is 69.3 Å². The molecule has 6 rings (SSSR count). The third-order valence-electron chi connectivity index (χ3n) is 11.6. The molecule has 0 bridgehead atoms. The summed E-state index contributed by atoms with van der Waals surface area (Å²) in [7, 11) is 0. The van der Waals surface area contributed by atoms with E-state index in [9.17, 15) is 24.6 Å². The van der Waals surface area contributed by atoms with Gasteiger partial charge in [0.15, 0.2) is 11.6 Å². The number of furan rings is 1. The van der Waals surface area contributed by atoms with Crippen molar-refractivity contribution < 1.29 is 38.5 Å². The van der Waals surface area contributed by atoms with Gasteiger partial charge in [-0.15, -0.1) is 0 Å². The normalized spacial score (nSPS) is 52.6. The lowest BCUT2D eigenvalue weighted by molar-refractivity contribution is -0.278. The van der Waals surface area contributed by atoms with Crippen molar-refractivity contribution in [2.45, 2.75) is 96.7 Å². The molecule has 8 heteroatoms. The number of Topliss-reactive ketones (excluding diaryl/α,β-unsaturated/α-hetero) is 2. The van der Waals surface area contributed by atoms with E-state index in [0.29, 0.717) is 19.3 Å². The van der Waals surface area contributed by atoms with E-state index >= 15 is 0 Å². The van der Waals surface area contributed by atoms with Crippen LogP contribution in [0.3, 0.4) is 0 Å². The standard InChI is InChI=1S/C28H36O8/c1-13(29)35-17-11-16-24(2,3)21(32)20(31)22(33)26(16,5)15-7-9-25(4)18(14-8-10-34-12-14)19(30)23-28(25,36-23)27(15,17)6/h8,10,12,15-18,20,22-23,31,33H,7,9,11H2,1-6H3/t15-,16+,17-,18-,20?,22?,23-,25+,26-,27+,28-/m1/s1. The number of esters is 1. The molecule has 0 amide bonds. The molecule has 1 spiro atoms. The zero-order valence-electron chi connectivity index (χ0n) is 21.7. The molecular weight excluding hydrogens is 464 g/mol. The van der Waals surface area contributed by atoms with Gasteiger partial charge in [-0.2, -0.15) is 0 Å². The summed E-state index contributed by atoms with van der Waals surface area (Å²) in [4.78, 5) is 39.3. The Bertz CT molecular complexity index is 1160. The number of hydrogen-bond donors (Lipinski definition) is 2. The molecule has 36 heavy (non-hydrogen) atoms. The molecule has 2 heterocycles. The van der Waals surface area contributed by atoms with Crippen LogP contribution in [-0.2, 0) is 23.9 Å². The SMILES string of the molecule is CC(=O)O[C@@H]1C[C@H]2C(C)(C)C(=O)C(O)C(O)[C@]2(C)[C@H]2CC[C@@]3(C)[C@H](c4ccoc4)C(=O)[C@H]4O[C@]43[C@@]21C. The van der Waals surface area contributed by atoms with Gasteiger partial charge in [0.1, 0.15) is 23.9 Å². The maximum atomic E-state index is 13.8. The van der Waals surface area contributed by atoms with Gasteiger partial charge in [-0.05, 0) is 37.2 Å². The van der Waals surface area contributed by atoms with Crippen LogP contribution in [0.2, 0.25) is 0 Å². The van der Waals surface area contributed by atoms with Crippen molar-refractivity contribution >= 4 is 17.5 Å². The summed E-state index contributed by atoms with van der Waals surface area (Å²) in [6, 6.07) is 1.83. The van der Waals surface area contributed by atoms with Gasteiger partial charge in [0.25, 0.3) is 0 Å². The minimum Gasteiger partial charge on any atom is -0.472 e. The van der Waals surface area contributed by atoms with Crippen LogP contribution in [0.5, 0.6) is 0 Å². The van der Waals surface area contributed by atoms with E-state index in [1.165, 1.54) is 6.92 Å². The molecule has 1 aromatic heterocycles. The third kappa shape index (κ3) is 2.36. The molecule has 5 aliphatic rings. The average Bonchev–Trinajstić information content (AvgIpc) is 3.29. The second-order valence-electron chi connectivity index (χ2n) is 13.1. The quantitative estimate of drug-likeness (QED) is 0.469. The highest BCUT2D eigenvalue weighted by atomic mass is 16.6. The second kappa shape index (κ2) is 6.88. The van der Waals surface area contributed by atoms with Crippen LogP contribution >= 0.6 is 0 Å². The fourth-order valence-electron chi connectivity index (χ4n) is 10.1. The molecule has 1 aromatic rings. The van der Waals surface area contributed by atoms with Crippen molar-refractivity contribution in [2.24, 2.45) is 33.5 Å². The molecule has 1 aliphatic heterocycles. The first-order chi connectivity index (χ1) is 16.7. The number of epoxide rings is 1. The fourth-order valence-corrected chi connectivity index (χ4v) is 10.1. The number of rotatable bonds is 2. The summed E-state index contributed by atoms with van der Waals surface area (Å²) in [6.07, 6.45) is 0.780. The first-order valence-electron chi connectivity index (χ1n) is 13.0. The van der Waals surface area contributed by atoms with Gasteiger partial charge in [0.2, 0.25) is 0 Å². The van der Waals surface area contributed by atoms with Crippen LogP contribution in [-0.4, -0.2) is 57.8 Å². The number of aliphatic hydroxyl groups is 2. The Hall–Kier alpha value is -2.03. The largest absolute Gasteiger partial charge is 0.472 e. The maximum absolute atomic E-state index is 13.8. The Morgan fingerprint density at radius 1 is 1.11 bits per heavy atom. The van der Waals surface area contributed by atoms with Crippen molar-refractivity contribution in [3.05, 3.63) is 24.2 Å². The van der Waals surface area contributed by atoms with Crippen LogP contribution in [0.25, 0.3) is 0 Å². The van der Waals surface area contributed by atoms with Crippen LogP contribution in [0.4, 0.5) is 0 Å². The minimum atomic E-state index is -1.50. The van der Waals surface area contributed by atoms with Crippen molar-refractivity contribution in [1.29, 1.82) is 0 Å². The maximum Gasteiger partial charge on any atom is 0.302 e. The lowest BCUT2D eigenvalue weighted by atomic mass is 9.35.